The fourth-order valence-corrected chi connectivity index (χ4v) is 3.94. The molecule has 0 aliphatic rings. The number of carboxylic acid groups (broad SMARTS) is 1. The van der Waals surface area contributed by atoms with Crippen molar-refractivity contribution in [2.24, 2.45) is 5.41 Å². The van der Waals surface area contributed by atoms with Gasteiger partial charge in [0.15, 0.2) is 5.41 Å². The van der Waals surface area contributed by atoms with Crippen LogP contribution in [0.3, 0.4) is 0 Å². The fourth-order valence-electron chi connectivity index (χ4n) is 3.94. The molecule has 1 N–H and O–H groups in total. The van der Waals surface area contributed by atoms with Crippen LogP contribution in [0.2, 0.25) is 0 Å². The van der Waals surface area contributed by atoms with Crippen LogP contribution >= 0.6 is 0 Å². The molecule has 3 aromatic carbocycles. The molecule has 33 heavy (non-hydrogen) atoms. The Morgan fingerprint density at radius 1 is 0.970 bits per heavy atom. The maximum absolute atomic E-state index is 12.5. The van der Waals surface area contributed by atoms with Gasteiger partial charge in [0.05, 0.1) is 6.07 Å². The summed E-state index contributed by atoms with van der Waals surface area (Å²) in [4.78, 5) is 12.5. The van der Waals surface area contributed by atoms with Crippen molar-refractivity contribution in [1.29, 1.82) is 5.26 Å². The van der Waals surface area contributed by atoms with Gasteiger partial charge in [-0.25, -0.2) is 0 Å². The van der Waals surface area contributed by atoms with Gasteiger partial charge in [0.25, 0.3) is 0 Å². The Bertz CT molecular complexity index is 1140. The topological polar surface area (TPSA) is 79.5 Å². The van der Waals surface area contributed by atoms with Gasteiger partial charge in [0.2, 0.25) is 0 Å². The number of halogens is 2. The summed E-state index contributed by atoms with van der Waals surface area (Å²) in [6, 6.07) is 23.6. The summed E-state index contributed by atoms with van der Waals surface area (Å²) in [6.07, 6.45) is 0.244. The Morgan fingerprint density at radius 3 is 2.18 bits per heavy atom. The molecule has 7 heteroatoms. The second-order valence-electron chi connectivity index (χ2n) is 8.19. The van der Waals surface area contributed by atoms with E-state index in [2.05, 4.69) is 4.74 Å². The summed E-state index contributed by atoms with van der Waals surface area (Å²) in [7, 11) is 0. The van der Waals surface area contributed by atoms with Crippen molar-refractivity contribution >= 4 is 5.97 Å². The van der Waals surface area contributed by atoms with Gasteiger partial charge in [-0.3, -0.25) is 4.79 Å². The van der Waals surface area contributed by atoms with E-state index in [0.717, 1.165) is 5.56 Å². The maximum atomic E-state index is 12.5. The molecule has 0 fully saturated rings. The Labute approximate surface area is 190 Å². The van der Waals surface area contributed by atoms with Gasteiger partial charge in [-0.1, -0.05) is 56.3 Å². The van der Waals surface area contributed by atoms with Crippen molar-refractivity contribution in [2.75, 3.05) is 0 Å². The highest BCUT2D eigenvalue weighted by molar-refractivity contribution is 5.86. The van der Waals surface area contributed by atoms with Crippen molar-refractivity contribution in [3.05, 3.63) is 90.0 Å². The molecule has 3 aromatic rings. The van der Waals surface area contributed by atoms with Crippen molar-refractivity contribution in [3.8, 4) is 23.3 Å². The third-order valence-electron chi connectivity index (χ3n) is 5.54. The average molecular weight is 451 g/mol. The van der Waals surface area contributed by atoms with Crippen LogP contribution in [0.1, 0.15) is 25.0 Å². The molecule has 0 saturated heterocycles. The number of aliphatic carboxylic acids is 1. The molecule has 0 aliphatic carbocycles. The summed E-state index contributed by atoms with van der Waals surface area (Å²) < 4.78 is 35.2. The largest absolute Gasteiger partial charge is 0.480 e. The summed E-state index contributed by atoms with van der Waals surface area (Å²) in [5, 5.41) is 20.2. The number of hydrogen-bond donors (Lipinski definition) is 1. The van der Waals surface area contributed by atoms with Gasteiger partial charge in [0.1, 0.15) is 17.2 Å². The van der Waals surface area contributed by atoms with Crippen molar-refractivity contribution in [3.63, 3.8) is 0 Å². The highest BCUT2D eigenvalue weighted by Gasteiger charge is 2.53. The van der Waals surface area contributed by atoms with Gasteiger partial charge in [0, 0.05) is 5.41 Å². The van der Waals surface area contributed by atoms with E-state index < -0.39 is 23.4 Å². The van der Waals surface area contributed by atoms with Crippen molar-refractivity contribution < 1.29 is 28.2 Å². The van der Waals surface area contributed by atoms with E-state index in [0.29, 0.717) is 11.5 Å². The Kier molecular flexibility index (Phi) is 6.98. The summed E-state index contributed by atoms with van der Waals surface area (Å²) in [6.45, 7) is 0.384. The van der Waals surface area contributed by atoms with Gasteiger partial charge >= 0.3 is 12.6 Å². The molecule has 0 bridgehead atoms. The van der Waals surface area contributed by atoms with Gasteiger partial charge in [-0.2, -0.15) is 14.0 Å². The predicted molar refractivity (Wildman–Crippen MR) is 118 cm³/mol. The highest BCUT2D eigenvalue weighted by atomic mass is 19.3. The summed E-state index contributed by atoms with van der Waals surface area (Å²) >= 11 is 0. The number of benzene rings is 3. The van der Waals surface area contributed by atoms with Gasteiger partial charge < -0.3 is 14.6 Å². The van der Waals surface area contributed by atoms with Gasteiger partial charge in [-0.15, -0.1) is 0 Å². The minimum Gasteiger partial charge on any atom is -0.480 e. The number of ether oxygens (including phenoxy) is 2. The zero-order valence-electron chi connectivity index (χ0n) is 18.2. The Morgan fingerprint density at radius 2 is 1.61 bits per heavy atom. The van der Waals surface area contributed by atoms with E-state index in [4.69, 9.17) is 4.74 Å². The number of hydrogen-bond acceptors (Lipinski definition) is 4. The number of nitriles is 1. The van der Waals surface area contributed by atoms with Crippen molar-refractivity contribution in [2.45, 2.75) is 32.3 Å². The molecule has 0 heterocycles. The Balaban J connectivity index is 1.93. The quantitative estimate of drug-likeness (QED) is 0.419. The first-order valence-electron chi connectivity index (χ1n) is 10.2. The first kappa shape index (κ1) is 23.7. The second kappa shape index (κ2) is 9.70. The molecule has 0 aromatic heterocycles. The SMILES string of the molecule is CC(C)(Cc1cccc(Oc2ccccc2)c1)[C@](C#N)(C(=O)O)c1ccc(OC(F)F)cc1. The van der Waals surface area contributed by atoms with E-state index in [1.165, 1.54) is 24.3 Å². The number of nitrogens with zero attached hydrogens (tertiary/aromatic N) is 1. The first-order valence-corrected chi connectivity index (χ1v) is 10.2. The number of rotatable bonds is 9. The fraction of sp³-hybridized carbons (Fsp3) is 0.231. The minimum atomic E-state index is -3.00. The molecular formula is C26H23F2NO4. The monoisotopic (exact) mass is 451 g/mol. The van der Waals surface area contributed by atoms with Crippen LogP contribution in [0.25, 0.3) is 0 Å². The molecule has 0 unspecified atom stereocenters. The molecule has 3 rings (SSSR count). The lowest BCUT2D eigenvalue weighted by atomic mass is 9.60. The van der Waals surface area contributed by atoms with Crippen LogP contribution < -0.4 is 9.47 Å². The lowest BCUT2D eigenvalue weighted by Crippen LogP contribution is -2.48. The molecule has 1 atom stereocenters. The summed E-state index contributed by atoms with van der Waals surface area (Å²) in [5.74, 6) is -0.193. The predicted octanol–water partition coefficient (Wildman–Crippen LogP) is 6.20. The smallest absolute Gasteiger partial charge is 0.387 e. The maximum Gasteiger partial charge on any atom is 0.387 e. The highest BCUT2D eigenvalue weighted by Crippen LogP contribution is 2.45. The normalized spacial score (nSPS) is 13.1. The van der Waals surface area contributed by atoms with E-state index in [1.807, 2.05) is 42.5 Å². The van der Waals surface area contributed by atoms with Crippen LogP contribution in [0.4, 0.5) is 8.78 Å². The zero-order valence-corrected chi connectivity index (χ0v) is 18.2. The third kappa shape index (κ3) is 5.12. The second-order valence-corrected chi connectivity index (χ2v) is 8.19. The minimum absolute atomic E-state index is 0.116. The first-order chi connectivity index (χ1) is 15.7. The van der Waals surface area contributed by atoms with E-state index >= 15 is 0 Å². The molecule has 0 saturated carbocycles. The molecular weight excluding hydrogens is 428 g/mol. The molecule has 0 aliphatic heterocycles. The molecule has 0 amide bonds. The van der Waals surface area contributed by atoms with Crippen LogP contribution in [-0.4, -0.2) is 17.7 Å². The molecule has 170 valence electrons. The van der Waals surface area contributed by atoms with Crippen LogP contribution in [0, 0.1) is 16.7 Å². The molecule has 5 nitrogen and oxygen atoms in total. The number of alkyl halides is 2. The van der Waals surface area contributed by atoms with E-state index in [1.54, 1.807) is 32.0 Å². The van der Waals surface area contributed by atoms with Crippen LogP contribution in [-0.2, 0) is 16.6 Å². The Hall–Kier alpha value is -3.92. The zero-order chi connectivity index (χ0) is 24.1. The molecule has 0 radical (unpaired) electrons. The standard InChI is InChI=1S/C26H23F2NO4/c1-25(2,16-18-7-6-10-22(15-18)32-20-8-4-3-5-9-20)26(17-29,23(30)31)19-11-13-21(14-12-19)33-24(27)28/h3-15,24H,16H2,1-2H3,(H,30,31)/t26-/m0/s1. The average Bonchev–Trinajstić information content (AvgIpc) is 2.75. The van der Waals surface area contributed by atoms with Crippen LogP contribution in [0.5, 0.6) is 17.2 Å². The van der Waals surface area contributed by atoms with Crippen LogP contribution in [0.15, 0.2) is 78.9 Å². The third-order valence-corrected chi connectivity index (χ3v) is 5.54. The number of carbonyl (C=O) groups is 1. The number of carboxylic acids is 1. The summed E-state index contributed by atoms with van der Waals surface area (Å²) in [5.41, 5.74) is -2.05. The lowest BCUT2D eigenvalue weighted by Gasteiger charge is -2.39. The lowest BCUT2D eigenvalue weighted by molar-refractivity contribution is -0.145. The van der Waals surface area contributed by atoms with E-state index in [-0.39, 0.29) is 17.7 Å². The van der Waals surface area contributed by atoms with Gasteiger partial charge in [-0.05, 0) is 53.9 Å². The van der Waals surface area contributed by atoms with E-state index in [9.17, 15) is 23.9 Å². The molecule has 0 spiro atoms. The number of para-hydroxylation sites is 1. The van der Waals surface area contributed by atoms with Crippen molar-refractivity contribution in [1.82, 2.24) is 0 Å².